The van der Waals surface area contributed by atoms with Gasteiger partial charge in [0.1, 0.15) is 23.1 Å². The molecule has 0 spiro atoms. The van der Waals surface area contributed by atoms with Crippen LogP contribution in [-0.2, 0) is 27.1 Å². The number of Topliss-reactive ketones (excluding diaryl/α,β-unsaturated/α-hetero) is 1. The number of alkyl carbamates (subject to hydrolysis) is 2. The van der Waals surface area contributed by atoms with Crippen LogP contribution < -0.4 is 10.6 Å². The summed E-state index contributed by atoms with van der Waals surface area (Å²) < 4.78 is 10.6. The Morgan fingerprint density at radius 2 is 1.08 bits per heavy atom. The van der Waals surface area contributed by atoms with Gasteiger partial charge in [-0.05, 0) is 79.8 Å². The number of ketones is 1. The van der Waals surface area contributed by atoms with Crippen molar-refractivity contribution in [3.63, 3.8) is 0 Å². The van der Waals surface area contributed by atoms with Gasteiger partial charge in [-0.2, -0.15) is 0 Å². The predicted octanol–water partition coefficient (Wildman–Crippen LogP) is 12.9. The molecule has 6 aromatic carbocycles. The summed E-state index contributed by atoms with van der Waals surface area (Å²) in [7, 11) is 0. The van der Waals surface area contributed by atoms with Gasteiger partial charge in [0.15, 0.2) is 5.78 Å². The van der Waals surface area contributed by atoms with Gasteiger partial charge >= 0.3 is 18.2 Å². The second kappa shape index (κ2) is 25.1. The Morgan fingerprint density at radius 1 is 0.621 bits per heavy atom. The Balaban J connectivity index is 0.000000290. The number of carbonyl (C=O) groups is 4. The van der Waals surface area contributed by atoms with Crippen molar-refractivity contribution < 1.29 is 33.8 Å². The van der Waals surface area contributed by atoms with E-state index in [9.17, 15) is 24.3 Å². The van der Waals surface area contributed by atoms with Crippen molar-refractivity contribution >= 4 is 61.4 Å². The SMILES string of the molecule is C.C.CC(C)(C)OC(=O)N[C@H](Cc1ccc2ccccc2c1)C(=O)O.CC(C)(C)OC(=O)N[C@H](Cc1ccc2ccccc2c1)c1ncc(-c2ccccc2)[nH]1.O=C(CBr)c1ccccc1. The fourth-order valence-electron chi connectivity index (χ4n) is 6.50. The molecule has 66 heavy (non-hydrogen) atoms. The van der Waals surface area contributed by atoms with Crippen molar-refractivity contribution in [3.05, 3.63) is 174 Å². The topological polar surface area (TPSA) is 160 Å². The maximum Gasteiger partial charge on any atom is 0.408 e. The van der Waals surface area contributed by atoms with Gasteiger partial charge in [0.2, 0.25) is 0 Å². The zero-order valence-corrected chi connectivity index (χ0v) is 38.5. The molecule has 0 fully saturated rings. The quantitative estimate of drug-likeness (QED) is 0.0736. The lowest BCUT2D eigenvalue weighted by atomic mass is 10.0. The maximum atomic E-state index is 12.5. The summed E-state index contributed by atoms with van der Waals surface area (Å²) in [5, 5.41) is 19.6. The third kappa shape index (κ3) is 17.3. The standard InChI is InChI=1S/C26H27N3O2.C18H21NO4.C8H7BrO.2CH4/c1-26(2,3)31-25(30)29-22(16-18-13-14-19-9-7-8-12-21(19)15-18)24-27-17-23(28-24)20-10-5-4-6-11-20;1-18(2,3)23-17(22)19-15(16(20)21)11-12-8-9-13-6-4-5-7-14(13)10-12;9-6-8(10)7-4-2-1-3-5-7;;/h4-15,17,22H,16H2,1-3H3,(H,27,28)(H,29,30);4-10,15H,11H2,1-3H3,(H,19,22)(H,20,21);1-5H,6H2;2*1H4/t22-;15-;;;/m11.../s1. The first-order valence-corrected chi connectivity index (χ1v) is 22.0. The molecule has 2 amide bonds. The molecular weight excluding hydrogens is 897 g/mol. The molecular formula is C54H63BrN4O7. The normalized spacial score (nSPS) is 11.7. The third-order valence-corrected chi connectivity index (χ3v) is 9.92. The molecule has 1 heterocycles. The maximum absolute atomic E-state index is 12.5. The molecule has 0 bridgehead atoms. The summed E-state index contributed by atoms with van der Waals surface area (Å²) in [6, 6.07) is 46.0. The Bertz CT molecular complexity index is 2640. The smallest absolute Gasteiger partial charge is 0.408 e. The van der Waals surface area contributed by atoms with Crippen LogP contribution in [0.2, 0.25) is 0 Å². The molecule has 7 rings (SSSR count). The lowest BCUT2D eigenvalue weighted by Gasteiger charge is -2.23. The Kier molecular flexibility index (Phi) is 20.3. The van der Waals surface area contributed by atoms with Gasteiger partial charge in [-0.1, -0.05) is 176 Å². The molecule has 0 saturated heterocycles. The van der Waals surface area contributed by atoms with Crippen LogP contribution in [0.5, 0.6) is 0 Å². The van der Waals surface area contributed by atoms with Gasteiger partial charge < -0.3 is 30.2 Å². The number of carboxylic acids is 1. The molecule has 0 saturated carbocycles. The van der Waals surface area contributed by atoms with Gasteiger partial charge in [-0.3, -0.25) is 4.79 Å². The minimum Gasteiger partial charge on any atom is -0.480 e. The number of amides is 2. The van der Waals surface area contributed by atoms with E-state index in [0.717, 1.165) is 38.7 Å². The molecule has 0 unspecified atom stereocenters. The molecule has 11 nitrogen and oxygen atoms in total. The van der Waals surface area contributed by atoms with E-state index in [0.29, 0.717) is 17.6 Å². The number of imidazole rings is 1. The van der Waals surface area contributed by atoms with Gasteiger partial charge in [-0.15, -0.1) is 0 Å². The highest BCUT2D eigenvalue weighted by atomic mass is 79.9. The molecule has 0 radical (unpaired) electrons. The number of nitrogens with one attached hydrogen (secondary N) is 3. The fourth-order valence-corrected chi connectivity index (χ4v) is 6.82. The van der Waals surface area contributed by atoms with Crippen LogP contribution in [0.15, 0.2) is 152 Å². The van der Waals surface area contributed by atoms with Gasteiger partial charge in [-0.25, -0.2) is 19.4 Å². The van der Waals surface area contributed by atoms with Crippen LogP contribution in [0.3, 0.4) is 0 Å². The molecule has 2 atom stereocenters. The number of aromatic nitrogens is 2. The Labute approximate surface area is 397 Å². The summed E-state index contributed by atoms with van der Waals surface area (Å²) in [5.74, 6) is -0.275. The van der Waals surface area contributed by atoms with E-state index in [1.807, 2.05) is 136 Å². The number of carbonyl (C=O) groups excluding carboxylic acids is 3. The minimum atomic E-state index is -1.09. The third-order valence-electron chi connectivity index (χ3n) is 9.41. The second-order valence-electron chi connectivity index (χ2n) is 17.0. The zero-order valence-electron chi connectivity index (χ0n) is 36.9. The molecule has 0 aliphatic rings. The van der Waals surface area contributed by atoms with E-state index in [4.69, 9.17) is 9.47 Å². The Morgan fingerprint density at radius 3 is 1.56 bits per heavy atom. The number of aromatic amines is 1. The van der Waals surface area contributed by atoms with E-state index >= 15 is 0 Å². The van der Waals surface area contributed by atoms with E-state index in [1.165, 1.54) is 10.8 Å². The van der Waals surface area contributed by atoms with Crippen LogP contribution in [0.4, 0.5) is 9.59 Å². The summed E-state index contributed by atoms with van der Waals surface area (Å²) in [6.07, 6.45) is 1.39. The number of alkyl halides is 1. The fraction of sp³-hybridized carbons (Fsp3) is 0.278. The van der Waals surface area contributed by atoms with E-state index in [2.05, 4.69) is 66.9 Å². The van der Waals surface area contributed by atoms with E-state index in [1.54, 1.807) is 27.0 Å². The van der Waals surface area contributed by atoms with Crippen LogP contribution in [0.25, 0.3) is 32.8 Å². The molecule has 0 aliphatic carbocycles. The van der Waals surface area contributed by atoms with Crippen molar-refractivity contribution in [3.8, 4) is 11.3 Å². The minimum absolute atomic E-state index is 0. The molecule has 0 aliphatic heterocycles. The number of halogens is 1. The highest BCUT2D eigenvalue weighted by Gasteiger charge is 2.25. The summed E-state index contributed by atoms with van der Waals surface area (Å²) >= 11 is 3.10. The first-order valence-electron chi connectivity index (χ1n) is 20.9. The summed E-state index contributed by atoms with van der Waals surface area (Å²) in [4.78, 5) is 54.6. The second-order valence-corrected chi connectivity index (χ2v) is 17.5. The number of nitrogens with zero attached hydrogens (tertiary/aromatic N) is 1. The number of ether oxygens (including phenoxy) is 2. The van der Waals surface area contributed by atoms with Crippen molar-refractivity contribution in [2.75, 3.05) is 5.33 Å². The van der Waals surface area contributed by atoms with E-state index < -0.39 is 35.4 Å². The molecule has 1 aromatic heterocycles. The lowest BCUT2D eigenvalue weighted by Crippen LogP contribution is -2.44. The average Bonchev–Trinajstić information content (AvgIpc) is 3.76. The van der Waals surface area contributed by atoms with Crippen LogP contribution in [0.1, 0.15) is 89.7 Å². The van der Waals surface area contributed by atoms with Crippen LogP contribution >= 0.6 is 15.9 Å². The van der Waals surface area contributed by atoms with Crippen LogP contribution in [-0.4, -0.2) is 61.6 Å². The van der Waals surface area contributed by atoms with Gasteiger partial charge in [0.25, 0.3) is 0 Å². The zero-order chi connectivity index (χ0) is 46.3. The predicted molar refractivity (Wildman–Crippen MR) is 270 cm³/mol. The van der Waals surface area contributed by atoms with Gasteiger partial charge in [0.05, 0.1) is 23.3 Å². The molecule has 12 heteroatoms. The molecule has 348 valence electrons. The average molecular weight is 960 g/mol. The number of hydrogen-bond donors (Lipinski definition) is 4. The van der Waals surface area contributed by atoms with Crippen molar-refractivity contribution in [2.24, 2.45) is 0 Å². The number of aliphatic carboxylic acids is 1. The number of benzene rings is 6. The number of H-pyrrole nitrogens is 1. The van der Waals surface area contributed by atoms with Crippen LogP contribution in [0, 0.1) is 0 Å². The molecule has 4 N–H and O–H groups in total. The first-order chi connectivity index (χ1) is 30.5. The first kappa shape index (κ1) is 53.5. The van der Waals surface area contributed by atoms with Gasteiger partial charge in [0, 0.05) is 18.4 Å². The monoisotopic (exact) mass is 958 g/mol. The highest BCUT2D eigenvalue weighted by Crippen LogP contribution is 2.24. The van der Waals surface area contributed by atoms with Crippen molar-refractivity contribution in [1.82, 2.24) is 20.6 Å². The number of hydrogen-bond acceptors (Lipinski definition) is 7. The summed E-state index contributed by atoms with van der Waals surface area (Å²) in [6.45, 7) is 10.7. The largest absolute Gasteiger partial charge is 0.480 e. The van der Waals surface area contributed by atoms with Crippen molar-refractivity contribution in [1.29, 1.82) is 0 Å². The number of carboxylic acid groups (broad SMARTS) is 1. The summed E-state index contributed by atoms with van der Waals surface area (Å²) in [5.41, 5.74) is 3.42. The Hall–Kier alpha value is -6.79. The lowest BCUT2D eigenvalue weighted by molar-refractivity contribution is -0.139. The number of fused-ring (bicyclic) bond motifs is 2. The van der Waals surface area contributed by atoms with E-state index in [-0.39, 0.29) is 33.1 Å². The number of rotatable bonds is 11. The van der Waals surface area contributed by atoms with Crippen molar-refractivity contribution in [2.45, 2.75) is 92.5 Å². The molecule has 7 aromatic rings. The highest BCUT2D eigenvalue weighted by molar-refractivity contribution is 9.09.